The Labute approximate surface area is 130 Å². The smallest absolute Gasteiger partial charge is 0.124 e. The molecule has 0 bridgehead atoms. The fourth-order valence-electron chi connectivity index (χ4n) is 1.45. The van der Waals surface area contributed by atoms with Crippen LogP contribution in [0.15, 0.2) is 46.2 Å². The number of nitrogen functional groups attached to an aromatic ring is 1. The number of halogens is 3. The normalized spacial score (nSPS) is 10.5. The van der Waals surface area contributed by atoms with E-state index in [0.717, 1.165) is 9.79 Å². The summed E-state index contributed by atoms with van der Waals surface area (Å²) in [5, 5.41) is 8.87. The monoisotopic (exact) mass is 330 g/mol. The lowest BCUT2D eigenvalue weighted by atomic mass is 10.2. The SMILES string of the molecule is N=C(N)c1ccc(Sc2ccc(Cl)c(Cl)c2)cc1Cl. The van der Waals surface area contributed by atoms with Gasteiger partial charge in [0.2, 0.25) is 0 Å². The minimum atomic E-state index is -0.0453. The molecule has 0 aliphatic rings. The number of rotatable bonds is 3. The second-order valence-electron chi connectivity index (χ2n) is 3.73. The van der Waals surface area contributed by atoms with Crippen LogP contribution in [0.3, 0.4) is 0 Å². The second kappa shape index (κ2) is 6.06. The molecule has 6 heteroatoms. The Morgan fingerprint density at radius 2 is 1.47 bits per heavy atom. The Hall–Kier alpha value is -0.870. The van der Waals surface area contributed by atoms with Crippen molar-refractivity contribution < 1.29 is 0 Å². The molecular formula is C13H9Cl3N2S. The summed E-state index contributed by atoms with van der Waals surface area (Å²) in [6.07, 6.45) is 0. The zero-order valence-electron chi connectivity index (χ0n) is 9.58. The van der Waals surface area contributed by atoms with Gasteiger partial charge in [-0.05, 0) is 36.4 Å². The molecule has 0 heterocycles. The zero-order chi connectivity index (χ0) is 14.0. The van der Waals surface area contributed by atoms with E-state index in [2.05, 4.69) is 0 Å². The molecule has 2 aromatic rings. The fraction of sp³-hybridized carbons (Fsp3) is 0. The summed E-state index contributed by atoms with van der Waals surface area (Å²) in [6.45, 7) is 0. The first-order chi connectivity index (χ1) is 8.97. The standard InChI is InChI=1S/C13H9Cl3N2S/c14-10-4-2-8(6-12(10)16)19-7-1-3-9(13(17)18)11(15)5-7/h1-6H,(H3,17,18). The molecule has 0 unspecified atom stereocenters. The number of nitrogens with two attached hydrogens (primary N) is 1. The molecule has 2 aromatic carbocycles. The van der Waals surface area contributed by atoms with Crippen LogP contribution >= 0.6 is 46.6 Å². The summed E-state index contributed by atoms with van der Waals surface area (Å²) in [4.78, 5) is 1.90. The molecule has 0 atom stereocenters. The van der Waals surface area contributed by atoms with E-state index in [1.165, 1.54) is 11.8 Å². The largest absolute Gasteiger partial charge is 0.384 e. The molecule has 0 saturated carbocycles. The molecule has 2 nitrogen and oxygen atoms in total. The van der Waals surface area contributed by atoms with Crippen molar-refractivity contribution in [3.8, 4) is 0 Å². The molecule has 0 aromatic heterocycles. The van der Waals surface area contributed by atoms with Gasteiger partial charge in [-0.2, -0.15) is 0 Å². The van der Waals surface area contributed by atoms with Crippen LogP contribution in [-0.2, 0) is 0 Å². The summed E-state index contributed by atoms with van der Waals surface area (Å²) in [7, 11) is 0. The summed E-state index contributed by atoms with van der Waals surface area (Å²) in [5.74, 6) is -0.0453. The van der Waals surface area contributed by atoms with Gasteiger partial charge in [-0.1, -0.05) is 46.6 Å². The van der Waals surface area contributed by atoms with Crippen molar-refractivity contribution in [2.75, 3.05) is 0 Å². The van der Waals surface area contributed by atoms with Crippen molar-refractivity contribution in [1.29, 1.82) is 5.41 Å². The molecule has 2 rings (SSSR count). The Morgan fingerprint density at radius 3 is 2.00 bits per heavy atom. The van der Waals surface area contributed by atoms with Gasteiger partial charge < -0.3 is 5.73 Å². The number of hydrogen-bond acceptors (Lipinski definition) is 2. The van der Waals surface area contributed by atoms with Crippen LogP contribution in [0, 0.1) is 5.41 Å². The van der Waals surface area contributed by atoms with Gasteiger partial charge in [0, 0.05) is 15.4 Å². The van der Waals surface area contributed by atoms with Crippen molar-refractivity contribution in [3.05, 3.63) is 57.0 Å². The highest BCUT2D eigenvalue weighted by atomic mass is 35.5. The van der Waals surface area contributed by atoms with Crippen LogP contribution in [-0.4, -0.2) is 5.84 Å². The third-order valence-corrected chi connectivity index (χ3v) is 4.39. The van der Waals surface area contributed by atoms with Crippen LogP contribution in [0.25, 0.3) is 0 Å². The molecule has 0 spiro atoms. The summed E-state index contributed by atoms with van der Waals surface area (Å²) >= 11 is 19.4. The Kier molecular flexibility index (Phi) is 4.63. The van der Waals surface area contributed by atoms with E-state index < -0.39 is 0 Å². The maximum Gasteiger partial charge on any atom is 0.124 e. The molecular weight excluding hydrogens is 323 g/mol. The van der Waals surface area contributed by atoms with Gasteiger partial charge in [0.25, 0.3) is 0 Å². The van der Waals surface area contributed by atoms with Crippen molar-refractivity contribution in [2.45, 2.75) is 9.79 Å². The summed E-state index contributed by atoms with van der Waals surface area (Å²) < 4.78 is 0. The second-order valence-corrected chi connectivity index (χ2v) is 6.10. The van der Waals surface area contributed by atoms with E-state index in [4.69, 9.17) is 45.9 Å². The van der Waals surface area contributed by atoms with Gasteiger partial charge in [-0.25, -0.2) is 0 Å². The number of hydrogen-bond donors (Lipinski definition) is 2. The van der Waals surface area contributed by atoms with E-state index in [1.807, 2.05) is 12.1 Å². The minimum Gasteiger partial charge on any atom is -0.384 e. The number of benzene rings is 2. The maximum absolute atomic E-state index is 7.37. The Balaban J connectivity index is 2.26. The van der Waals surface area contributed by atoms with Gasteiger partial charge >= 0.3 is 0 Å². The zero-order valence-corrected chi connectivity index (χ0v) is 12.7. The van der Waals surface area contributed by atoms with Gasteiger partial charge in [-0.15, -0.1) is 0 Å². The van der Waals surface area contributed by atoms with Crippen molar-refractivity contribution >= 4 is 52.4 Å². The number of amidine groups is 1. The molecule has 0 aliphatic heterocycles. The van der Waals surface area contributed by atoms with Crippen LogP contribution in [0.2, 0.25) is 15.1 Å². The molecule has 0 aliphatic carbocycles. The molecule has 0 saturated heterocycles. The van der Waals surface area contributed by atoms with Gasteiger partial charge in [0.15, 0.2) is 0 Å². The van der Waals surface area contributed by atoms with E-state index in [1.54, 1.807) is 24.3 Å². The maximum atomic E-state index is 7.37. The van der Waals surface area contributed by atoms with E-state index in [0.29, 0.717) is 20.6 Å². The molecule has 98 valence electrons. The van der Waals surface area contributed by atoms with E-state index in [-0.39, 0.29) is 5.84 Å². The predicted octanol–water partition coefficient (Wildman–Crippen LogP) is 5.08. The summed E-state index contributed by atoms with van der Waals surface area (Å²) in [5.41, 5.74) is 5.94. The first-order valence-electron chi connectivity index (χ1n) is 5.24. The fourth-order valence-corrected chi connectivity index (χ4v) is 3.06. The van der Waals surface area contributed by atoms with E-state index >= 15 is 0 Å². The lowest BCUT2D eigenvalue weighted by Crippen LogP contribution is -2.11. The van der Waals surface area contributed by atoms with Gasteiger partial charge in [0.1, 0.15) is 5.84 Å². The molecule has 0 fully saturated rings. The first-order valence-corrected chi connectivity index (χ1v) is 7.19. The van der Waals surface area contributed by atoms with Crippen LogP contribution in [0.5, 0.6) is 0 Å². The van der Waals surface area contributed by atoms with E-state index in [9.17, 15) is 0 Å². The Bertz CT molecular complexity index is 644. The van der Waals surface area contributed by atoms with Crippen LogP contribution in [0.4, 0.5) is 0 Å². The topological polar surface area (TPSA) is 49.9 Å². The molecule has 3 N–H and O–H groups in total. The van der Waals surface area contributed by atoms with Gasteiger partial charge in [0.05, 0.1) is 15.1 Å². The highest BCUT2D eigenvalue weighted by Gasteiger charge is 2.06. The molecule has 0 amide bonds. The highest BCUT2D eigenvalue weighted by molar-refractivity contribution is 7.99. The average Bonchev–Trinajstić information content (AvgIpc) is 2.33. The predicted molar refractivity (Wildman–Crippen MR) is 83.1 cm³/mol. The Morgan fingerprint density at radius 1 is 0.895 bits per heavy atom. The molecule has 0 radical (unpaired) electrons. The third-order valence-electron chi connectivity index (χ3n) is 2.36. The van der Waals surface area contributed by atoms with Crippen molar-refractivity contribution in [3.63, 3.8) is 0 Å². The third kappa shape index (κ3) is 3.57. The highest BCUT2D eigenvalue weighted by Crippen LogP contribution is 2.34. The lowest BCUT2D eigenvalue weighted by Gasteiger charge is -2.06. The lowest BCUT2D eigenvalue weighted by molar-refractivity contribution is 1.37. The van der Waals surface area contributed by atoms with Crippen LogP contribution in [0.1, 0.15) is 5.56 Å². The van der Waals surface area contributed by atoms with Crippen molar-refractivity contribution in [1.82, 2.24) is 0 Å². The quantitative estimate of drug-likeness (QED) is 0.608. The van der Waals surface area contributed by atoms with Gasteiger partial charge in [-0.3, -0.25) is 5.41 Å². The summed E-state index contributed by atoms with van der Waals surface area (Å²) in [6, 6.07) is 10.8. The average molecular weight is 332 g/mol. The minimum absolute atomic E-state index is 0.0453. The van der Waals surface area contributed by atoms with Crippen molar-refractivity contribution in [2.24, 2.45) is 5.73 Å². The number of nitrogens with one attached hydrogen (secondary N) is 1. The van der Waals surface area contributed by atoms with Crippen LogP contribution < -0.4 is 5.73 Å². The first kappa shape index (κ1) is 14.5. The molecule has 19 heavy (non-hydrogen) atoms.